The van der Waals surface area contributed by atoms with Gasteiger partial charge in [-0.3, -0.25) is 4.90 Å². The Morgan fingerprint density at radius 3 is 2.41 bits per heavy atom. The molecule has 1 atom stereocenters. The van der Waals surface area contributed by atoms with E-state index in [1.54, 1.807) is 0 Å². The van der Waals surface area contributed by atoms with Crippen LogP contribution < -0.4 is 0 Å². The van der Waals surface area contributed by atoms with Crippen molar-refractivity contribution in [3.63, 3.8) is 0 Å². The maximum Gasteiger partial charge on any atom is 0.414 e. The third-order valence-corrected chi connectivity index (χ3v) is 2.83. The van der Waals surface area contributed by atoms with E-state index in [1.807, 2.05) is 0 Å². The Labute approximate surface area is 99.1 Å². The fraction of sp³-hybridized carbons (Fsp3) is 0.455. The first-order valence-electron chi connectivity index (χ1n) is 5.25. The van der Waals surface area contributed by atoms with Gasteiger partial charge in [0.2, 0.25) is 0 Å². The molecule has 1 unspecified atom stereocenters. The van der Waals surface area contributed by atoms with Crippen molar-refractivity contribution in [1.82, 2.24) is 9.47 Å². The van der Waals surface area contributed by atoms with Crippen LogP contribution in [0.15, 0.2) is 18.3 Å². The quantitative estimate of drug-likeness (QED) is 0.650. The number of fused-ring (bicyclic) bond motifs is 1. The summed E-state index contributed by atoms with van der Waals surface area (Å²) in [7, 11) is 2.18. The van der Waals surface area contributed by atoms with Crippen LogP contribution in [0.4, 0.5) is 0 Å². The van der Waals surface area contributed by atoms with Gasteiger partial charge in [0.15, 0.2) is 0 Å². The maximum atomic E-state index is 9.10. The molecule has 1 aliphatic rings. The zero-order chi connectivity index (χ0) is 13.0. The Hall–Kier alpha value is -1.82. The lowest BCUT2D eigenvalue weighted by atomic mass is 10.2. The fourth-order valence-corrected chi connectivity index (χ4v) is 1.70. The first-order chi connectivity index (χ1) is 7.93. The van der Waals surface area contributed by atoms with Crippen LogP contribution in [-0.2, 0) is 16.1 Å². The second kappa shape index (κ2) is 5.49. The minimum Gasteiger partial charge on any atom is -0.473 e. The van der Waals surface area contributed by atoms with Crippen molar-refractivity contribution in [1.29, 1.82) is 0 Å². The van der Waals surface area contributed by atoms with Gasteiger partial charge in [-0.25, -0.2) is 9.59 Å². The van der Waals surface area contributed by atoms with Crippen LogP contribution in [0.25, 0.3) is 0 Å². The van der Waals surface area contributed by atoms with E-state index in [0.717, 1.165) is 6.54 Å². The molecule has 0 aliphatic carbocycles. The monoisotopic (exact) mass is 240 g/mol. The molecule has 0 saturated carbocycles. The summed E-state index contributed by atoms with van der Waals surface area (Å²) < 4.78 is 2.34. The largest absolute Gasteiger partial charge is 0.473 e. The molecule has 1 aromatic rings. The number of hydrogen-bond acceptors (Lipinski definition) is 3. The van der Waals surface area contributed by atoms with E-state index in [9.17, 15) is 0 Å². The maximum absolute atomic E-state index is 9.10. The van der Waals surface area contributed by atoms with Gasteiger partial charge in [0.25, 0.3) is 0 Å². The summed E-state index contributed by atoms with van der Waals surface area (Å²) in [5.74, 6) is -3.65. The number of aromatic nitrogens is 1. The van der Waals surface area contributed by atoms with Crippen molar-refractivity contribution in [3.05, 3.63) is 24.0 Å². The highest BCUT2D eigenvalue weighted by atomic mass is 16.4. The number of carboxylic acids is 2. The molecule has 0 fully saturated rings. The molecule has 0 radical (unpaired) electrons. The molecule has 2 rings (SSSR count). The smallest absolute Gasteiger partial charge is 0.414 e. The topological polar surface area (TPSA) is 82.8 Å². The molecule has 0 saturated heterocycles. The van der Waals surface area contributed by atoms with E-state index < -0.39 is 11.9 Å². The van der Waals surface area contributed by atoms with Crippen molar-refractivity contribution in [3.8, 4) is 0 Å². The summed E-state index contributed by atoms with van der Waals surface area (Å²) in [4.78, 5) is 20.6. The molecule has 6 nitrogen and oxygen atoms in total. The highest BCUT2D eigenvalue weighted by Crippen LogP contribution is 2.22. The van der Waals surface area contributed by atoms with E-state index in [4.69, 9.17) is 19.8 Å². The zero-order valence-electron chi connectivity index (χ0n) is 9.83. The lowest BCUT2D eigenvalue weighted by molar-refractivity contribution is -0.159. The minimum atomic E-state index is -1.82. The number of rotatable bonds is 0. The van der Waals surface area contributed by atoms with Gasteiger partial charge in [-0.15, -0.1) is 0 Å². The number of aliphatic carboxylic acids is 2. The molecule has 94 valence electrons. The third-order valence-electron chi connectivity index (χ3n) is 2.83. The Morgan fingerprint density at radius 1 is 1.29 bits per heavy atom. The number of hydrogen-bond donors (Lipinski definition) is 2. The van der Waals surface area contributed by atoms with Crippen molar-refractivity contribution in [2.24, 2.45) is 0 Å². The molecule has 0 aromatic carbocycles. The first-order valence-corrected chi connectivity index (χ1v) is 5.25. The molecular weight excluding hydrogens is 224 g/mol. The van der Waals surface area contributed by atoms with Gasteiger partial charge in [-0.1, -0.05) is 0 Å². The normalized spacial score (nSPS) is 18.8. The standard InChI is InChI=1S/C9H14N2.C2H2O4/c1-8-9-4-3-5-11(9)7-6-10(8)2;3-1(4)2(5)6/h3-5,8H,6-7H2,1-2H3;(H,3,4)(H,5,6). The van der Waals surface area contributed by atoms with E-state index in [0.29, 0.717) is 6.04 Å². The summed E-state index contributed by atoms with van der Waals surface area (Å²) in [6.45, 7) is 4.57. The highest BCUT2D eigenvalue weighted by Gasteiger charge is 2.19. The molecule has 6 heteroatoms. The number of likely N-dealkylation sites (N-methyl/N-ethyl adjacent to an activating group) is 1. The number of carbonyl (C=O) groups is 2. The van der Waals surface area contributed by atoms with Gasteiger partial charge in [0, 0.05) is 31.0 Å². The van der Waals surface area contributed by atoms with Gasteiger partial charge in [-0.2, -0.15) is 0 Å². The van der Waals surface area contributed by atoms with E-state index in [1.165, 1.54) is 12.2 Å². The Kier molecular flexibility index (Phi) is 4.28. The first kappa shape index (κ1) is 13.2. The van der Waals surface area contributed by atoms with Crippen LogP contribution in [-0.4, -0.2) is 45.2 Å². The average molecular weight is 240 g/mol. The van der Waals surface area contributed by atoms with Crippen molar-refractivity contribution in [2.75, 3.05) is 13.6 Å². The Morgan fingerprint density at radius 2 is 1.88 bits per heavy atom. The summed E-state index contributed by atoms with van der Waals surface area (Å²) in [6, 6.07) is 4.92. The predicted molar refractivity (Wildman–Crippen MR) is 60.7 cm³/mol. The Bertz CT molecular complexity index is 401. The minimum absolute atomic E-state index is 0.582. The zero-order valence-corrected chi connectivity index (χ0v) is 9.83. The third kappa shape index (κ3) is 3.32. The summed E-state index contributed by atoms with van der Waals surface area (Å²) in [5.41, 5.74) is 1.44. The molecule has 1 aliphatic heterocycles. The summed E-state index contributed by atoms with van der Waals surface area (Å²) >= 11 is 0. The van der Waals surface area contributed by atoms with E-state index in [-0.39, 0.29) is 0 Å². The van der Waals surface area contributed by atoms with E-state index in [2.05, 4.69) is 41.8 Å². The van der Waals surface area contributed by atoms with Crippen molar-refractivity contribution >= 4 is 11.9 Å². The second-order valence-corrected chi connectivity index (χ2v) is 3.89. The van der Waals surface area contributed by atoms with E-state index >= 15 is 0 Å². The molecule has 0 spiro atoms. The van der Waals surface area contributed by atoms with Gasteiger partial charge in [0.05, 0.1) is 0 Å². The van der Waals surface area contributed by atoms with Crippen molar-refractivity contribution < 1.29 is 19.8 Å². The SMILES string of the molecule is CC1c2cccn2CCN1C.O=C(O)C(=O)O. The lowest BCUT2D eigenvalue weighted by Crippen LogP contribution is -2.33. The summed E-state index contributed by atoms with van der Waals surface area (Å²) in [6.07, 6.45) is 2.17. The molecule has 0 amide bonds. The van der Waals surface area contributed by atoms with Crippen LogP contribution in [0.5, 0.6) is 0 Å². The molecule has 2 heterocycles. The second-order valence-electron chi connectivity index (χ2n) is 3.89. The van der Waals surface area contributed by atoms with Gasteiger partial charge in [-0.05, 0) is 26.1 Å². The van der Waals surface area contributed by atoms with Crippen LogP contribution in [0, 0.1) is 0 Å². The Balaban J connectivity index is 0.000000209. The van der Waals surface area contributed by atoms with Crippen LogP contribution in [0.2, 0.25) is 0 Å². The lowest BCUT2D eigenvalue weighted by Gasteiger charge is -2.31. The van der Waals surface area contributed by atoms with Crippen LogP contribution >= 0.6 is 0 Å². The van der Waals surface area contributed by atoms with Gasteiger partial charge in [0.1, 0.15) is 0 Å². The average Bonchev–Trinajstić information content (AvgIpc) is 2.73. The molecular formula is C11H16N2O4. The van der Waals surface area contributed by atoms with Gasteiger partial charge >= 0.3 is 11.9 Å². The number of nitrogens with zero attached hydrogens (tertiary/aromatic N) is 2. The molecule has 17 heavy (non-hydrogen) atoms. The molecule has 1 aromatic heterocycles. The predicted octanol–water partition coefficient (Wildman–Crippen LogP) is 0.650. The van der Waals surface area contributed by atoms with Crippen LogP contribution in [0.3, 0.4) is 0 Å². The highest BCUT2D eigenvalue weighted by molar-refractivity contribution is 6.27. The molecule has 0 bridgehead atoms. The van der Waals surface area contributed by atoms with Crippen molar-refractivity contribution in [2.45, 2.75) is 19.5 Å². The van der Waals surface area contributed by atoms with Crippen LogP contribution in [0.1, 0.15) is 18.7 Å². The van der Waals surface area contributed by atoms with Gasteiger partial charge < -0.3 is 14.8 Å². The fourth-order valence-electron chi connectivity index (χ4n) is 1.70. The summed E-state index contributed by atoms with van der Waals surface area (Å²) in [5, 5.41) is 14.8. The molecule has 2 N–H and O–H groups in total. The number of carboxylic acid groups (broad SMARTS) is 2.